The third-order valence-electron chi connectivity index (χ3n) is 5.91. The number of fused-ring (bicyclic) bond motifs is 1. The summed E-state index contributed by atoms with van der Waals surface area (Å²) in [5, 5.41) is 8.72. The molecule has 5 heteroatoms. The van der Waals surface area contributed by atoms with Gasteiger partial charge in [-0.2, -0.15) is 0 Å². The highest BCUT2D eigenvalue weighted by Crippen LogP contribution is 2.51. The van der Waals surface area contributed by atoms with Crippen LogP contribution >= 0.6 is 0 Å². The van der Waals surface area contributed by atoms with Crippen molar-refractivity contribution in [1.29, 1.82) is 0 Å². The van der Waals surface area contributed by atoms with Crippen molar-refractivity contribution in [2.75, 3.05) is 6.54 Å². The Balaban J connectivity index is 0.00000121. The SMILES string of the molecule is O=C(NO)c1cc(F)c2c(c1)CCN(C1=CC3(CCCCC3)C1)C2.[HH].[HH]. The Bertz CT molecular complexity index is 718. The molecule has 0 bridgehead atoms. The molecular weight excluding hydrogens is 307 g/mol. The van der Waals surface area contributed by atoms with E-state index in [4.69, 9.17) is 5.21 Å². The summed E-state index contributed by atoms with van der Waals surface area (Å²) < 4.78 is 14.4. The van der Waals surface area contributed by atoms with Crippen LogP contribution in [0, 0.1) is 11.2 Å². The monoisotopic (exact) mass is 334 g/mol. The van der Waals surface area contributed by atoms with Crippen LogP contribution in [-0.2, 0) is 13.0 Å². The largest absolute Gasteiger partial charge is 0.370 e. The number of benzene rings is 1. The first-order valence-electron chi connectivity index (χ1n) is 8.83. The minimum atomic E-state index is -0.667. The minimum Gasteiger partial charge on any atom is -0.370 e. The molecule has 4 nitrogen and oxygen atoms in total. The maximum atomic E-state index is 14.4. The molecule has 1 aliphatic heterocycles. The fraction of sp³-hybridized carbons (Fsp3) is 0.526. The van der Waals surface area contributed by atoms with Crippen molar-refractivity contribution in [2.24, 2.45) is 5.41 Å². The molecule has 132 valence electrons. The molecule has 2 N–H and O–H groups in total. The summed E-state index contributed by atoms with van der Waals surface area (Å²) in [6.45, 7) is 1.43. The van der Waals surface area contributed by atoms with E-state index in [1.54, 1.807) is 11.5 Å². The first-order chi connectivity index (χ1) is 11.6. The molecule has 2 aliphatic carbocycles. The van der Waals surface area contributed by atoms with Crippen LogP contribution < -0.4 is 5.48 Å². The molecule has 1 aromatic rings. The lowest BCUT2D eigenvalue weighted by atomic mass is 9.64. The molecule has 1 saturated carbocycles. The van der Waals surface area contributed by atoms with Gasteiger partial charge >= 0.3 is 0 Å². The molecule has 4 rings (SSSR count). The number of nitrogens with one attached hydrogen (secondary N) is 1. The van der Waals surface area contributed by atoms with Gasteiger partial charge in [-0.15, -0.1) is 0 Å². The van der Waals surface area contributed by atoms with Crippen LogP contribution in [0.15, 0.2) is 23.9 Å². The highest BCUT2D eigenvalue weighted by Gasteiger charge is 2.40. The number of hydrogen-bond donors (Lipinski definition) is 2. The summed E-state index contributed by atoms with van der Waals surface area (Å²) in [7, 11) is 0. The van der Waals surface area contributed by atoms with E-state index in [0.717, 1.165) is 24.9 Å². The molecule has 0 saturated heterocycles. The van der Waals surface area contributed by atoms with Gasteiger partial charge in [0, 0.05) is 32.8 Å². The van der Waals surface area contributed by atoms with E-state index in [9.17, 15) is 9.18 Å². The van der Waals surface area contributed by atoms with Crippen molar-refractivity contribution < 1.29 is 17.2 Å². The highest BCUT2D eigenvalue weighted by molar-refractivity contribution is 5.93. The lowest BCUT2D eigenvalue weighted by Crippen LogP contribution is -2.40. The van der Waals surface area contributed by atoms with Gasteiger partial charge in [-0.1, -0.05) is 25.3 Å². The van der Waals surface area contributed by atoms with Crippen LogP contribution in [0.5, 0.6) is 0 Å². The Hall–Kier alpha value is -1.88. The van der Waals surface area contributed by atoms with Crippen molar-refractivity contribution in [3.8, 4) is 0 Å². The second-order valence-corrected chi connectivity index (χ2v) is 7.44. The molecule has 1 heterocycles. The predicted molar refractivity (Wildman–Crippen MR) is 92.2 cm³/mol. The first kappa shape index (κ1) is 15.6. The number of hydroxylamine groups is 1. The predicted octanol–water partition coefficient (Wildman–Crippen LogP) is 4.03. The molecule has 1 amide bonds. The fourth-order valence-electron chi connectivity index (χ4n) is 4.52. The van der Waals surface area contributed by atoms with E-state index in [-0.39, 0.29) is 14.2 Å². The zero-order valence-corrected chi connectivity index (χ0v) is 13.8. The molecule has 0 aromatic heterocycles. The van der Waals surface area contributed by atoms with Crippen molar-refractivity contribution in [3.05, 3.63) is 46.4 Å². The van der Waals surface area contributed by atoms with Gasteiger partial charge in [0.25, 0.3) is 5.91 Å². The third-order valence-corrected chi connectivity index (χ3v) is 5.91. The van der Waals surface area contributed by atoms with Gasteiger partial charge in [0.15, 0.2) is 0 Å². The molecule has 1 spiro atoms. The van der Waals surface area contributed by atoms with E-state index >= 15 is 0 Å². The number of halogens is 1. The van der Waals surface area contributed by atoms with Gasteiger partial charge in [-0.05, 0) is 48.8 Å². The molecule has 0 unspecified atom stereocenters. The number of amides is 1. The van der Waals surface area contributed by atoms with Gasteiger partial charge in [0.2, 0.25) is 0 Å². The Morgan fingerprint density at radius 3 is 2.75 bits per heavy atom. The van der Waals surface area contributed by atoms with Crippen LogP contribution in [0.25, 0.3) is 0 Å². The molecular formula is C19H27FN2O2. The summed E-state index contributed by atoms with van der Waals surface area (Å²) in [4.78, 5) is 13.8. The Morgan fingerprint density at radius 2 is 2.04 bits per heavy atom. The van der Waals surface area contributed by atoms with Gasteiger partial charge in [-0.3, -0.25) is 10.0 Å². The van der Waals surface area contributed by atoms with E-state index in [1.807, 2.05) is 0 Å². The van der Waals surface area contributed by atoms with Gasteiger partial charge in [0.05, 0.1) is 0 Å². The Labute approximate surface area is 144 Å². The van der Waals surface area contributed by atoms with Crippen LogP contribution in [0.4, 0.5) is 4.39 Å². The maximum absolute atomic E-state index is 14.4. The van der Waals surface area contributed by atoms with Gasteiger partial charge < -0.3 is 4.90 Å². The first-order valence-corrected chi connectivity index (χ1v) is 8.83. The topological polar surface area (TPSA) is 52.6 Å². The number of rotatable bonds is 2. The lowest BCUT2D eigenvalue weighted by molar-refractivity contribution is 0.0705. The molecule has 1 fully saturated rings. The van der Waals surface area contributed by atoms with Crippen molar-refractivity contribution in [2.45, 2.75) is 51.5 Å². The fourth-order valence-corrected chi connectivity index (χ4v) is 4.52. The molecule has 24 heavy (non-hydrogen) atoms. The second kappa shape index (κ2) is 5.88. The quantitative estimate of drug-likeness (QED) is 0.634. The Kier molecular flexibility index (Phi) is 3.83. The molecule has 1 aromatic carbocycles. The zero-order chi connectivity index (χ0) is 16.7. The van der Waals surface area contributed by atoms with Crippen molar-refractivity contribution in [1.82, 2.24) is 10.4 Å². The van der Waals surface area contributed by atoms with Gasteiger partial charge in [-0.25, -0.2) is 9.87 Å². The van der Waals surface area contributed by atoms with Crippen LogP contribution in [0.3, 0.4) is 0 Å². The summed E-state index contributed by atoms with van der Waals surface area (Å²) in [6.07, 6.45) is 10.9. The normalized spacial score (nSPS) is 21.8. The maximum Gasteiger partial charge on any atom is 0.274 e. The molecule has 0 atom stereocenters. The second-order valence-electron chi connectivity index (χ2n) is 7.44. The molecule has 0 radical (unpaired) electrons. The average Bonchev–Trinajstić information content (AvgIpc) is 2.59. The summed E-state index contributed by atoms with van der Waals surface area (Å²) in [5.74, 6) is -1.02. The lowest BCUT2D eigenvalue weighted by Gasteiger charge is -2.47. The van der Waals surface area contributed by atoms with Crippen LogP contribution in [-0.4, -0.2) is 22.6 Å². The Morgan fingerprint density at radius 1 is 1.29 bits per heavy atom. The standard InChI is InChI=1S/C19H23FN2O2.2H2/c20-17-9-14(18(23)21-24)8-13-4-7-22(12-16(13)17)15-10-19(11-15)5-2-1-3-6-19;;/h8-10,24H,1-7,11-12H2,(H,21,23);2*1H. The summed E-state index contributed by atoms with van der Waals surface area (Å²) in [5.41, 5.74) is 5.08. The number of nitrogens with zero attached hydrogens (tertiary/aromatic N) is 1. The minimum absolute atomic E-state index is 0. The van der Waals surface area contributed by atoms with Crippen LogP contribution in [0.1, 0.15) is 62.9 Å². The summed E-state index contributed by atoms with van der Waals surface area (Å²) >= 11 is 0. The average molecular weight is 334 g/mol. The van der Waals surface area contributed by atoms with E-state index in [2.05, 4.69) is 11.0 Å². The number of allylic oxidation sites excluding steroid dienone is 2. The van der Waals surface area contributed by atoms with E-state index < -0.39 is 5.91 Å². The number of carbonyl (C=O) groups excluding carboxylic acids is 1. The number of hydrogen-bond acceptors (Lipinski definition) is 3. The highest BCUT2D eigenvalue weighted by atomic mass is 19.1. The van der Waals surface area contributed by atoms with Gasteiger partial charge in [0.1, 0.15) is 5.82 Å². The zero-order valence-electron chi connectivity index (χ0n) is 13.8. The van der Waals surface area contributed by atoms with Crippen LogP contribution in [0.2, 0.25) is 0 Å². The number of carbonyl (C=O) groups is 1. The van der Waals surface area contributed by atoms with Crippen molar-refractivity contribution >= 4 is 5.91 Å². The third kappa shape index (κ3) is 2.61. The van der Waals surface area contributed by atoms with Crippen molar-refractivity contribution in [3.63, 3.8) is 0 Å². The molecule has 3 aliphatic rings. The smallest absolute Gasteiger partial charge is 0.274 e. The van der Waals surface area contributed by atoms with E-state index in [0.29, 0.717) is 17.5 Å². The summed E-state index contributed by atoms with van der Waals surface area (Å²) in [6, 6.07) is 2.91. The van der Waals surface area contributed by atoms with E-state index in [1.165, 1.54) is 43.9 Å².